The van der Waals surface area contributed by atoms with Gasteiger partial charge in [0.15, 0.2) is 6.61 Å². The summed E-state index contributed by atoms with van der Waals surface area (Å²) in [5.74, 6) is 0.325. The number of benzene rings is 2. The zero-order chi connectivity index (χ0) is 22.4. The normalized spacial score (nSPS) is 14.1. The zero-order valence-corrected chi connectivity index (χ0v) is 18.6. The third kappa shape index (κ3) is 5.63. The van der Waals surface area contributed by atoms with Gasteiger partial charge in [0.1, 0.15) is 5.75 Å². The molecule has 1 heterocycles. The van der Waals surface area contributed by atoms with E-state index in [9.17, 15) is 9.59 Å². The second-order valence-electron chi connectivity index (χ2n) is 7.80. The van der Waals surface area contributed by atoms with Crippen molar-refractivity contribution in [3.8, 4) is 5.75 Å². The maximum atomic E-state index is 12.9. The quantitative estimate of drug-likeness (QED) is 0.705. The number of nitrogens with zero attached hydrogens (tertiary/aromatic N) is 3. The minimum absolute atomic E-state index is 0.0473. The van der Waals surface area contributed by atoms with Crippen molar-refractivity contribution in [3.63, 3.8) is 0 Å². The summed E-state index contributed by atoms with van der Waals surface area (Å²) in [6.45, 7) is 4.84. The number of hydrogen-bond acceptors (Lipinski definition) is 5. The molecular weight excluding hydrogens is 392 g/mol. The molecule has 3 rings (SSSR count). The Balaban J connectivity index is 1.69. The van der Waals surface area contributed by atoms with Gasteiger partial charge in [-0.3, -0.25) is 14.6 Å². The Morgan fingerprint density at radius 3 is 2.48 bits per heavy atom. The van der Waals surface area contributed by atoms with Crippen molar-refractivity contribution in [3.05, 3.63) is 59.7 Å². The zero-order valence-electron chi connectivity index (χ0n) is 18.6. The van der Waals surface area contributed by atoms with E-state index in [-0.39, 0.29) is 24.5 Å². The van der Waals surface area contributed by atoms with Gasteiger partial charge in [0.25, 0.3) is 11.8 Å². The van der Waals surface area contributed by atoms with Crippen molar-refractivity contribution in [2.75, 3.05) is 32.3 Å². The lowest BCUT2D eigenvalue weighted by Gasteiger charge is -2.21. The minimum Gasteiger partial charge on any atom is -0.483 e. The van der Waals surface area contributed by atoms with Crippen LogP contribution >= 0.6 is 0 Å². The van der Waals surface area contributed by atoms with E-state index in [1.54, 1.807) is 14.1 Å². The van der Waals surface area contributed by atoms with Crippen LogP contribution in [0.4, 0.5) is 5.69 Å². The number of likely N-dealkylation sites (N-methyl/N-ethyl adjacent to an activating group) is 1. The first-order valence-electron chi connectivity index (χ1n) is 10.5. The highest BCUT2D eigenvalue weighted by molar-refractivity contribution is 5.95. The average Bonchev–Trinajstić information content (AvgIpc) is 3.22. The second kappa shape index (κ2) is 10.1. The highest BCUT2D eigenvalue weighted by Crippen LogP contribution is 2.28. The Labute approximate surface area is 183 Å². The van der Waals surface area contributed by atoms with Crippen molar-refractivity contribution in [1.82, 2.24) is 10.2 Å². The average molecular weight is 423 g/mol. The topological polar surface area (TPSA) is 74.2 Å². The molecule has 31 heavy (non-hydrogen) atoms. The molecule has 164 valence electrons. The molecule has 1 aliphatic heterocycles. The maximum Gasteiger partial charge on any atom is 0.259 e. The van der Waals surface area contributed by atoms with Crippen molar-refractivity contribution in [2.24, 2.45) is 5.10 Å². The number of hydrazone groups is 1. The lowest BCUT2D eigenvalue weighted by Crippen LogP contribution is -2.30. The molecule has 0 fully saturated rings. The highest BCUT2D eigenvalue weighted by Gasteiger charge is 2.19. The fourth-order valence-electron chi connectivity index (χ4n) is 3.36. The molecule has 1 unspecified atom stereocenters. The number of para-hydroxylation sites is 1. The molecule has 2 aromatic carbocycles. The molecular formula is C24H30N4O3. The number of hydrogen-bond donors (Lipinski definition) is 1. The van der Waals surface area contributed by atoms with Gasteiger partial charge in [-0.25, -0.2) is 0 Å². The first kappa shape index (κ1) is 22.3. The number of anilines is 1. The van der Waals surface area contributed by atoms with Crippen LogP contribution in [-0.4, -0.2) is 49.7 Å². The van der Waals surface area contributed by atoms with E-state index in [1.165, 1.54) is 4.90 Å². The summed E-state index contributed by atoms with van der Waals surface area (Å²) in [5.41, 5.74) is 3.53. The number of ether oxygens (including phenoxy) is 1. The van der Waals surface area contributed by atoms with Gasteiger partial charge < -0.3 is 15.0 Å². The summed E-state index contributed by atoms with van der Waals surface area (Å²) in [5, 5.41) is 9.54. The molecule has 1 atom stereocenters. The van der Waals surface area contributed by atoms with Crippen LogP contribution in [0.15, 0.2) is 53.6 Å². The number of rotatable bonds is 8. The molecule has 0 aliphatic carbocycles. The summed E-state index contributed by atoms with van der Waals surface area (Å²) in [4.78, 5) is 26.3. The number of carbonyl (C=O) groups is 2. The molecule has 0 spiro atoms. The molecule has 0 aromatic heterocycles. The van der Waals surface area contributed by atoms with Crippen LogP contribution in [0.5, 0.6) is 5.75 Å². The number of amides is 2. The van der Waals surface area contributed by atoms with Gasteiger partial charge >= 0.3 is 0 Å². The summed E-state index contributed by atoms with van der Waals surface area (Å²) < 4.78 is 5.75. The highest BCUT2D eigenvalue weighted by atomic mass is 16.5. The fourth-order valence-corrected chi connectivity index (χ4v) is 3.36. The van der Waals surface area contributed by atoms with Crippen molar-refractivity contribution >= 4 is 23.2 Å². The van der Waals surface area contributed by atoms with E-state index >= 15 is 0 Å². The van der Waals surface area contributed by atoms with Crippen LogP contribution in [0.1, 0.15) is 48.7 Å². The first-order chi connectivity index (χ1) is 14.9. The van der Waals surface area contributed by atoms with Gasteiger partial charge in [0.05, 0.1) is 11.7 Å². The van der Waals surface area contributed by atoms with Gasteiger partial charge in [0, 0.05) is 43.9 Å². The predicted octanol–water partition coefficient (Wildman–Crippen LogP) is 3.62. The van der Waals surface area contributed by atoms with E-state index in [1.807, 2.05) is 67.4 Å². The van der Waals surface area contributed by atoms with Gasteiger partial charge in [-0.15, -0.1) is 0 Å². The molecule has 7 nitrogen and oxygen atoms in total. The number of carbonyl (C=O) groups excluding carboxylic acids is 2. The Hall–Kier alpha value is -3.35. The van der Waals surface area contributed by atoms with E-state index in [2.05, 4.69) is 10.4 Å². The van der Waals surface area contributed by atoms with Crippen molar-refractivity contribution in [1.29, 1.82) is 0 Å². The van der Waals surface area contributed by atoms with Gasteiger partial charge in [0.2, 0.25) is 0 Å². The standard InChI is InChI=1S/C24H30N4O3/c1-5-21(20-8-6-7-9-22(20)31-16-23(29)27(3)4)25-24(30)18-10-12-19(13-11-18)28-15-14-17(2)26-28/h6-13,21H,5,14-16H2,1-4H3,(H,25,30). The number of nitrogens with one attached hydrogen (secondary N) is 1. The van der Waals surface area contributed by atoms with E-state index in [0.717, 1.165) is 29.9 Å². The molecule has 1 N–H and O–H groups in total. The van der Waals surface area contributed by atoms with Crippen molar-refractivity contribution < 1.29 is 14.3 Å². The Kier molecular flexibility index (Phi) is 7.28. The summed E-state index contributed by atoms with van der Waals surface area (Å²) >= 11 is 0. The van der Waals surface area contributed by atoms with Crippen LogP contribution in [0.3, 0.4) is 0 Å². The van der Waals surface area contributed by atoms with Crippen LogP contribution in [0, 0.1) is 0 Å². The van der Waals surface area contributed by atoms with Gasteiger partial charge in [-0.05, 0) is 43.7 Å². The van der Waals surface area contributed by atoms with Gasteiger partial charge in [-0.1, -0.05) is 25.1 Å². The lowest BCUT2D eigenvalue weighted by molar-refractivity contribution is -0.130. The van der Waals surface area contributed by atoms with E-state index < -0.39 is 0 Å². The molecule has 0 bridgehead atoms. The first-order valence-corrected chi connectivity index (χ1v) is 10.5. The maximum absolute atomic E-state index is 12.9. The molecule has 2 amide bonds. The molecule has 0 saturated heterocycles. The summed E-state index contributed by atoms with van der Waals surface area (Å²) in [7, 11) is 3.38. The van der Waals surface area contributed by atoms with Crippen LogP contribution in [0.25, 0.3) is 0 Å². The fraction of sp³-hybridized carbons (Fsp3) is 0.375. The van der Waals surface area contributed by atoms with Gasteiger partial charge in [-0.2, -0.15) is 5.10 Å². The van der Waals surface area contributed by atoms with Crippen molar-refractivity contribution in [2.45, 2.75) is 32.7 Å². The summed E-state index contributed by atoms with van der Waals surface area (Å²) in [6.07, 6.45) is 1.65. The largest absolute Gasteiger partial charge is 0.483 e. The van der Waals surface area contributed by atoms with Crippen LogP contribution in [-0.2, 0) is 4.79 Å². The molecule has 0 radical (unpaired) electrons. The predicted molar refractivity (Wildman–Crippen MR) is 123 cm³/mol. The second-order valence-corrected chi connectivity index (χ2v) is 7.80. The molecule has 1 aliphatic rings. The monoisotopic (exact) mass is 422 g/mol. The third-order valence-corrected chi connectivity index (χ3v) is 5.26. The molecule has 2 aromatic rings. The Morgan fingerprint density at radius 1 is 1.16 bits per heavy atom. The third-order valence-electron chi connectivity index (χ3n) is 5.26. The molecule has 0 saturated carbocycles. The van der Waals surface area contributed by atoms with Crippen LogP contribution in [0.2, 0.25) is 0 Å². The van der Waals surface area contributed by atoms with E-state index in [0.29, 0.717) is 17.7 Å². The Morgan fingerprint density at radius 2 is 1.87 bits per heavy atom. The molecule has 7 heteroatoms. The SMILES string of the molecule is CCC(NC(=O)c1ccc(N2CCC(C)=N2)cc1)c1ccccc1OCC(=O)N(C)C. The Bertz CT molecular complexity index is 954. The lowest BCUT2D eigenvalue weighted by atomic mass is 10.0. The van der Waals surface area contributed by atoms with Crippen LogP contribution < -0.4 is 15.1 Å². The van der Waals surface area contributed by atoms with E-state index in [4.69, 9.17) is 4.74 Å². The summed E-state index contributed by atoms with van der Waals surface area (Å²) in [6, 6.07) is 14.7. The smallest absolute Gasteiger partial charge is 0.259 e. The minimum atomic E-state index is -0.233.